The third kappa shape index (κ3) is 2.71. The number of nitrogens with two attached hydrogens (primary N) is 1. The second-order valence-corrected chi connectivity index (χ2v) is 6.96. The molecule has 1 fully saturated rings. The van der Waals surface area contributed by atoms with E-state index in [-0.39, 0.29) is 18.1 Å². The molecule has 1 saturated heterocycles. The number of carbonyl (C=O) groups excluding carboxylic acids is 2. The Morgan fingerprint density at radius 1 is 1.50 bits per heavy atom. The van der Waals surface area contributed by atoms with Gasteiger partial charge in [0.25, 0.3) is 5.91 Å². The lowest BCUT2D eigenvalue weighted by Gasteiger charge is -2.27. The molecule has 2 aliphatic rings. The summed E-state index contributed by atoms with van der Waals surface area (Å²) in [7, 11) is 0. The SMILES string of the molecule is CC(=O)OC[C@H]1O[C@@H](n2cc3c4c(ncnc42)NC(=O)C=C3N)C(C)(O)[C@@H]1O. The van der Waals surface area contributed by atoms with Crippen molar-refractivity contribution >= 4 is 34.4 Å². The van der Waals surface area contributed by atoms with Crippen LogP contribution in [0, 0.1) is 0 Å². The number of hydrogen-bond acceptors (Lipinski definition) is 9. The van der Waals surface area contributed by atoms with Gasteiger partial charge in [0.2, 0.25) is 0 Å². The Morgan fingerprint density at radius 3 is 2.96 bits per heavy atom. The summed E-state index contributed by atoms with van der Waals surface area (Å²) in [5, 5.41) is 24.5. The van der Waals surface area contributed by atoms with Crippen LogP contribution >= 0.6 is 0 Å². The standard InChI is InChI=1S/C17H19N5O6/c1-7(23)27-5-10-13(25)17(2,26)16(28-10)22-4-8-9(18)3-11(24)21-14-12(8)15(22)20-6-19-14/h3-4,6,10,13,16,25-26H,5,18H2,1-2H3,(H,19,20,21,24)/t10-,13-,16-,17?/m1/s1. The molecule has 1 amide bonds. The fourth-order valence-electron chi connectivity index (χ4n) is 3.53. The Labute approximate surface area is 158 Å². The number of esters is 1. The topological polar surface area (TPSA) is 162 Å². The first-order valence-electron chi connectivity index (χ1n) is 8.53. The maximum atomic E-state index is 11.9. The summed E-state index contributed by atoms with van der Waals surface area (Å²) in [6.45, 7) is 2.44. The van der Waals surface area contributed by atoms with Gasteiger partial charge in [-0.25, -0.2) is 9.97 Å². The number of nitrogens with zero attached hydrogens (tertiary/aromatic N) is 3. The lowest BCUT2D eigenvalue weighted by molar-refractivity contribution is -0.147. The number of aliphatic hydroxyl groups excluding tert-OH is 1. The number of aromatic nitrogens is 3. The molecular weight excluding hydrogens is 370 g/mol. The van der Waals surface area contributed by atoms with Gasteiger partial charge in [0, 0.05) is 30.5 Å². The van der Waals surface area contributed by atoms with E-state index in [0.717, 1.165) is 0 Å². The Kier molecular flexibility index (Phi) is 4.10. The second-order valence-electron chi connectivity index (χ2n) is 6.96. The highest BCUT2D eigenvalue weighted by Crippen LogP contribution is 2.42. The molecule has 4 atom stereocenters. The Bertz CT molecular complexity index is 1010. The molecule has 0 saturated carbocycles. The van der Waals surface area contributed by atoms with Crippen LogP contribution in [-0.4, -0.2) is 61.0 Å². The molecule has 11 heteroatoms. The van der Waals surface area contributed by atoms with Crippen molar-refractivity contribution in [2.75, 3.05) is 11.9 Å². The molecule has 0 bridgehead atoms. The highest BCUT2D eigenvalue weighted by molar-refractivity contribution is 6.13. The molecule has 4 heterocycles. The molecule has 4 rings (SSSR count). The Morgan fingerprint density at radius 2 is 2.25 bits per heavy atom. The van der Waals surface area contributed by atoms with Crippen LogP contribution in [0.15, 0.2) is 18.6 Å². The third-order valence-corrected chi connectivity index (χ3v) is 4.91. The van der Waals surface area contributed by atoms with Gasteiger partial charge in [-0.05, 0) is 6.92 Å². The molecule has 5 N–H and O–H groups in total. The van der Waals surface area contributed by atoms with Gasteiger partial charge in [0.15, 0.2) is 6.23 Å². The number of nitrogens with one attached hydrogen (secondary N) is 1. The van der Waals surface area contributed by atoms with Crippen molar-refractivity contribution in [1.29, 1.82) is 0 Å². The van der Waals surface area contributed by atoms with Gasteiger partial charge in [-0.3, -0.25) is 9.59 Å². The van der Waals surface area contributed by atoms with Gasteiger partial charge in [-0.2, -0.15) is 0 Å². The van der Waals surface area contributed by atoms with E-state index in [0.29, 0.717) is 16.6 Å². The molecule has 0 aliphatic carbocycles. The number of anilines is 1. The number of carbonyl (C=O) groups is 2. The highest BCUT2D eigenvalue weighted by Gasteiger charge is 2.54. The fraction of sp³-hybridized carbons (Fsp3) is 0.412. The number of ether oxygens (including phenoxy) is 2. The van der Waals surface area contributed by atoms with E-state index in [1.54, 1.807) is 6.20 Å². The maximum absolute atomic E-state index is 11.9. The summed E-state index contributed by atoms with van der Waals surface area (Å²) in [6.07, 6.45) is 0.758. The molecule has 0 radical (unpaired) electrons. The van der Waals surface area contributed by atoms with E-state index in [1.165, 1.54) is 30.8 Å². The van der Waals surface area contributed by atoms with Crippen LogP contribution in [-0.2, 0) is 19.1 Å². The summed E-state index contributed by atoms with van der Waals surface area (Å²) in [4.78, 5) is 31.3. The van der Waals surface area contributed by atoms with Crippen LogP contribution in [0.5, 0.6) is 0 Å². The molecule has 0 aromatic carbocycles. The van der Waals surface area contributed by atoms with E-state index in [4.69, 9.17) is 15.2 Å². The van der Waals surface area contributed by atoms with Crippen molar-refractivity contribution in [2.45, 2.75) is 37.9 Å². The molecule has 0 spiro atoms. The minimum Gasteiger partial charge on any atom is -0.463 e. The van der Waals surface area contributed by atoms with Crippen LogP contribution in [0.4, 0.5) is 5.82 Å². The van der Waals surface area contributed by atoms with E-state index in [9.17, 15) is 19.8 Å². The Balaban J connectivity index is 1.81. The first-order chi connectivity index (χ1) is 13.2. The van der Waals surface area contributed by atoms with E-state index in [1.807, 2.05) is 0 Å². The van der Waals surface area contributed by atoms with Crippen LogP contribution in [0.2, 0.25) is 0 Å². The molecule has 2 aromatic rings. The number of rotatable bonds is 3. The molecule has 2 aliphatic heterocycles. The zero-order chi connectivity index (χ0) is 20.2. The average molecular weight is 389 g/mol. The van der Waals surface area contributed by atoms with Gasteiger partial charge in [-0.1, -0.05) is 0 Å². The Hall–Kier alpha value is -3.02. The molecule has 148 valence electrons. The zero-order valence-electron chi connectivity index (χ0n) is 15.1. The fourth-order valence-corrected chi connectivity index (χ4v) is 3.53. The van der Waals surface area contributed by atoms with E-state index >= 15 is 0 Å². The van der Waals surface area contributed by atoms with Crippen LogP contribution in [0.1, 0.15) is 25.6 Å². The summed E-state index contributed by atoms with van der Waals surface area (Å²) >= 11 is 0. The molecule has 1 unspecified atom stereocenters. The lowest BCUT2D eigenvalue weighted by Crippen LogP contribution is -2.44. The maximum Gasteiger partial charge on any atom is 0.302 e. The summed E-state index contributed by atoms with van der Waals surface area (Å²) < 4.78 is 12.3. The minimum atomic E-state index is -1.72. The van der Waals surface area contributed by atoms with Crippen LogP contribution in [0.3, 0.4) is 0 Å². The predicted molar refractivity (Wildman–Crippen MR) is 95.5 cm³/mol. The number of aliphatic hydroxyl groups is 2. The predicted octanol–water partition coefficient (Wildman–Crippen LogP) is -0.745. The smallest absolute Gasteiger partial charge is 0.302 e. The molecule has 28 heavy (non-hydrogen) atoms. The van der Waals surface area contributed by atoms with Gasteiger partial charge >= 0.3 is 5.97 Å². The van der Waals surface area contributed by atoms with Crippen molar-refractivity contribution in [1.82, 2.24) is 14.5 Å². The largest absolute Gasteiger partial charge is 0.463 e. The van der Waals surface area contributed by atoms with Crippen LogP contribution < -0.4 is 11.1 Å². The third-order valence-electron chi connectivity index (χ3n) is 4.91. The van der Waals surface area contributed by atoms with Crippen molar-refractivity contribution < 1.29 is 29.3 Å². The molecule has 2 aromatic heterocycles. The van der Waals surface area contributed by atoms with Gasteiger partial charge in [0.05, 0.1) is 5.39 Å². The van der Waals surface area contributed by atoms with Crippen molar-refractivity contribution in [3.8, 4) is 0 Å². The van der Waals surface area contributed by atoms with Gasteiger partial charge in [-0.15, -0.1) is 0 Å². The van der Waals surface area contributed by atoms with Gasteiger partial charge < -0.3 is 35.3 Å². The van der Waals surface area contributed by atoms with Crippen molar-refractivity contribution in [2.24, 2.45) is 5.73 Å². The monoisotopic (exact) mass is 389 g/mol. The number of amides is 1. The summed E-state index contributed by atoms with van der Waals surface area (Å²) in [5.41, 5.74) is 5.35. The molecular formula is C17H19N5O6. The lowest BCUT2D eigenvalue weighted by atomic mass is 9.96. The van der Waals surface area contributed by atoms with E-state index < -0.39 is 35.9 Å². The highest BCUT2D eigenvalue weighted by atomic mass is 16.6. The normalized spacial score (nSPS) is 29.4. The summed E-state index contributed by atoms with van der Waals surface area (Å²) in [6, 6.07) is 0. The first kappa shape index (κ1) is 18.3. The van der Waals surface area contributed by atoms with E-state index in [2.05, 4.69) is 15.3 Å². The first-order valence-corrected chi connectivity index (χ1v) is 8.53. The second kappa shape index (κ2) is 6.26. The zero-order valence-corrected chi connectivity index (χ0v) is 15.1. The molecule has 11 nitrogen and oxygen atoms in total. The van der Waals surface area contributed by atoms with Crippen molar-refractivity contribution in [3.63, 3.8) is 0 Å². The number of hydrogen-bond donors (Lipinski definition) is 4. The quantitative estimate of drug-likeness (QED) is 0.495. The van der Waals surface area contributed by atoms with Crippen molar-refractivity contribution in [3.05, 3.63) is 24.2 Å². The summed E-state index contributed by atoms with van der Waals surface area (Å²) in [5.74, 6) is -0.669. The average Bonchev–Trinajstić information content (AvgIpc) is 3.06. The van der Waals surface area contributed by atoms with Crippen LogP contribution in [0.25, 0.3) is 16.7 Å². The minimum absolute atomic E-state index is 0.199. The van der Waals surface area contributed by atoms with Gasteiger partial charge in [0.1, 0.15) is 42.2 Å².